The van der Waals surface area contributed by atoms with Crippen molar-refractivity contribution in [2.24, 2.45) is 0 Å². The van der Waals surface area contributed by atoms with E-state index in [9.17, 15) is 31.9 Å². The third-order valence-electron chi connectivity index (χ3n) is 7.27. The van der Waals surface area contributed by atoms with Gasteiger partial charge in [0, 0.05) is 18.5 Å². The minimum atomic E-state index is -4.74. The van der Waals surface area contributed by atoms with Crippen LogP contribution in [0.5, 0.6) is 0 Å². The number of aromatic nitrogens is 1. The van der Waals surface area contributed by atoms with E-state index in [4.69, 9.17) is 4.74 Å². The van der Waals surface area contributed by atoms with Crippen molar-refractivity contribution in [2.75, 3.05) is 13.3 Å². The van der Waals surface area contributed by atoms with Gasteiger partial charge in [-0.3, -0.25) is 14.4 Å². The van der Waals surface area contributed by atoms with Crippen LogP contribution in [-0.2, 0) is 37.7 Å². The van der Waals surface area contributed by atoms with Gasteiger partial charge in [-0.1, -0.05) is 24.3 Å². The first kappa shape index (κ1) is 27.9. The molecule has 1 aromatic heterocycles. The number of carbonyl (C=O) groups excluding carboxylic acids is 3. The zero-order valence-corrected chi connectivity index (χ0v) is 22.7. The number of halogens is 4. The van der Waals surface area contributed by atoms with E-state index >= 15 is 0 Å². The molecule has 210 valence electrons. The largest absolute Gasteiger partial charge is 0.408 e. The predicted molar refractivity (Wildman–Crippen MR) is 138 cm³/mol. The Kier molecular flexibility index (Phi) is 7.03. The smallest absolute Gasteiger partial charge is 0.332 e. The number of amides is 2. The molecular weight excluding hydrogens is 550 g/mol. The number of hydrogen-bond donors (Lipinski definition) is 0. The molecule has 2 atom stereocenters. The van der Waals surface area contributed by atoms with E-state index in [0.717, 1.165) is 45.1 Å². The Labute approximate surface area is 231 Å². The van der Waals surface area contributed by atoms with Crippen molar-refractivity contribution in [1.82, 2.24) is 14.8 Å². The molecule has 40 heavy (non-hydrogen) atoms. The van der Waals surface area contributed by atoms with Gasteiger partial charge in [0.2, 0.25) is 11.5 Å². The molecule has 3 aromatic rings. The minimum Gasteiger partial charge on any atom is -0.332 e. The lowest BCUT2D eigenvalue weighted by atomic mass is 9.93. The first-order valence-electron chi connectivity index (χ1n) is 12.5. The highest BCUT2D eigenvalue weighted by Gasteiger charge is 2.59. The Balaban J connectivity index is 1.39. The molecule has 1 aliphatic carbocycles. The van der Waals surface area contributed by atoms with Gasteiger partial charge in [0.1, 0.15) is 25.1 Å². The molecule has 0 unspecified atom stereocenters. The van der Waals surface area contributed by atoms with Gasteiger partial charge in [0.15, 0.2) is 5.78 Å². The zero-order chi connectivity index (χ0) is 29.0. The van der Waals surface area contributed by atoms with E-state index in [2.05, 4.69) is 4.98 Å². The first-order valence-corrected chi connectivity index (χ1v) is 13.3. The van der Waals surface area contributed by atoms with Gasteiger partial charge in [-0.2, -0.15) is 13.2 Å². The maximum atomic E-state index is 13.6. The van der Waals surface area contributed by atoms with E-state index in [1.807, 2.05) is 19.9 Å². The highest BCUT2D eigenvalue weighted by atomic mass is 32.1. The molecule has 2 aliphatic rings. The van der Waals surface area contributed by atoms with Crippen LogP contribution in [0.2, 0.25) is 0 Å². The fraction of sp³-hybridized carbons (Fsp3) is 0.357. The molecule has 0 saturated carbocycles. The van der Waals surface area contributed by atoms with Crippen LogP contribution in [0.25, 0.3) is 10.4 Å². The third-order valence-corrected chi connectivity index (χ3v) is 8.40. The Morgan fingerprint density at radius 1 is 1.18 bits per heavy atom. The number of Topliss-reactive ketones (excluding diaryl/α,β-unsaturated/α-hetero) is 1. The average molecular weight is 576 g/mol. The highest BCUT2D eigenvalue weighted by Crippen LogP contribution is 2.44. The van der Waals surface area contributed by atoms with Crippen molar-refractivity contribution in [3.63, 3.8) is 0 Å². The number of aryl methyl sites for hydroxylation is 2. The number of benzene rings is 2. The SMILES string of the molecule is Cc1nc(C)c(-c2ccc3c(c2)CC(=O)[C@]32OCN(CC(=O)N(Cc3ccc(F)cc3)[C@@H](C)C(F)(F)F)C2=O)s1. The number of carbonyl (C=O) groups is 3. The molecular formula is C28H25F4N3O4S. The van der Waals surface area contributed by atoms with Gasteiger partial charge < -0.3 is 14.5 Å². The summed E-state index contributed by atoms with van der Waals surface area (Å²) >= 11 is 1.51. The van der Waals surface area contributed by atoms with Crippen molar-refractivity contribution in [3.05, 3.63) is 75.7 Å². The van der Waals surface area contributed by atoms with Crippen LogP contribution < -0.4 is 0 Å². The summed E-state index contributed by atoms with van der Waals surface area (Å²) < 4.78 is 60.0. The number of ketones is 1. The lowest BCUT2D eigenvalue weighted by Gasteiger charge is -2.32. The fourth-order valence-corrected chi connectivity index (χ4v) is 6.07. The molecule has 7 nitrogen and oxygen atoms in total. The fourth-order valence-electron chi connectivity index (χ4n) is 5.16. The van der Waals surface area contributed by atoms with Crippen LogP contribution >= 0.6 is 11.3 Å². The van der Waals surface area contributed by atoms with E-state index in [0.29, 0.717) is 16.0 Å². The summed E-state index contributed by atoms with van der Waals surface area (Å²) in [5.41, 5.74) is 1.02. The van der Waals surface area contributed by atoms with E-state index in [1.54, 1.807) is 12.1 Å². The predicted octanol–water partition coefficient (Wildman–Crippen LogP) is 4.68. The van der Waals surface area contributed by atoms with Crippen molar-refractivity contribution in [3.8, 4) is 10.4 Å². The number of ether oxygens (including phenoxy) is 1. The van der Waals surface area contributed by atoms with Gasteiger partial charge in [0.25, 0.3) is 5.91 Å². The van der Waals surface area contributed by atoms with Crippen LogP contribution in [-0.4, -0.2) is 57.9 Å². The van der Waals surface area contributed by atoms with Gasteiger partial charge in [-0.15, -0.1) is 11.3 Å². The molecule has 2 aromatic carbocycles. The second kappa shape index (κ2) is 10.1. The van der Waals surface area contributed by atoms with Gasteiger partial charge in [-0.25, -0.2) is 9.37 Å². The normalized spacial score (nSPS) is 19.4. The molecule has 5 rings (SSSR count). The van der Waals surface area contributed by atoms with Gasteiger partial charge in [-0.05, 0) is 55.7 Å². The van der Waals surface area contributed by atoms with Crippen molar-refractivity contribution in [1.29, 1.82) is 0 Å². The lowest BCUT2D eigenvalue weighted by molar-refractivity contribution is -0.187. The standard InChI is InChI=1S/C28H25F4N3O4S/c1-15-25(40-17(3)33-15)19-6-9-22-20(10-19)11-23(36)27(22)26(38)34(14-39-27)13-24(37)35(16(2)28(30,31)32)12-18-4-7-21(29)8-5-18/h4-10,16H,11-14H2,1-3H3/t16-,27+/m0/s1. The summed E-state index contributed by atoms with van der Waals surface area (Å²) in [6.45, 7) is 3.01. The molecule has 2 heterocycles. The number of rotatable bonds is 6. The summed E-state index contributed by atoms with van der Waals surface area (Å²) in [4.78, 5) is 46.9. The Hall–Kier alpha value is -3.64. The molecule has 0 bridgehead atoms. The Morgan fingerprint density at radius 3 is 2.50 bits per heavy atom. The van der Waals surface area contributed by atoms with Crippen LogP contribution in [0.1, 0.15) is 34.3 Å². The Morgan fingerprint density at radius 2 is 1.88 bits per heavy atom. The maximum absolute atomic E-state index is 13.6. The summed E-state index contributed by atoms with van der Waals surface area (Å²) in [5, 5.41) is 0.892. The molecule has 1 saturated heterocycles. The van der Waals surface area contributed by atoms with Gasteiger partial charge >= 0.3 is 6.18 Å². The molecule has 2 amide bonds. The molecule has 1 spiro atoms. The molecule has 1 fully saturated rings. The van der Waals surface area contributed by atoms with Crippen LogP contribution in [0, 0.1) is 19.7 Å². The number of hydrogen-bond acceptors (Lipinski definition) is 6. The van der Waals surface area contributed by atoms with Crippen LogP contribution in [0.15, 0.2) is 42.5 Å². The quantitative estimate of drug-likeness (QED) is 0.315. The topological polar surface area (TPSA) is 79.8 Å². The number of thiazole rings is 1. The summed E-state index contributed by atoms with van der Waals surface area (Å²) in [6, 6.07) is 7.82. The van der Waals surface area contributed by atoms with Gasteiger partial charge in [0.05, 0.1) is 15.6 Å². The van der Waals surface area contributed by atoms with Crippen molar-refractivity contribution < 1.29 is 36.7 Å². The first-order chi connectivity index (χ1) is 18.8. The molecule has 0 radical (unpaired) electrons. The van der Waals surface area contributed by atoms with Crippen molar-refractivity contribution in [2.45, 2.75) is 51.6 Å². The molecule has 12 heteroatoms. The third kappa shape index (κ3) is 4.79. The van der Waals surface area contributed by atoms with E-state index in [1.165, 1.54) is 23.5 Å². The number of alkyl halides is 3. The van der Waals surface area contributed by atoms with Crippen LogP contribution in [0.3, 0.4) is 0 Å². The van der Waals surface area contributed by atoms with Crippen molar-refractivity contribution >= 4 is 28.9 Å². The van der Waals surface area contributed by atoms with Crippen LogP contribution in [0.4, 0.5) is 17.6 Å². The highest BCUT2D eigenvalue weighted by molar-refractivity contribution is 7.15. The summed E-state index contributed by atoms with van der Waals surface area (Å²) in [5.74, 6) is -2.84. The van der Waals surface area contributed by atoms with E-state index < -0.39 is 61.1 Å². The lowest BCUT2D eigenvalue weighted by Crippen LogP contribution is -2.51. The Bertz CT molecular complexity index is 1500. The molecule has 1 aliphatic heterocycles. The minimum absolute atomic E-state index is 0.0602. The second-order valence-electron chi connectivity index (χ2n) is 9.94. The summed E-state index contributed by atoms with van der Waals surface area (Å²) in [7, 11) is 0. The van der Waals surface area contributed by atoms with E-state index in [-0.39, 0.29) is 12.0 Å². The number of nitrogens with zero attached hydrogens (tertiary/aromatic N) is 3. The maximum Gasteiger partial charge on any atom is 0.408 e. The summed E-state index contributed by atoms with van der Waals surface area (Å²) in [6.07, 6.45) is -4.80. The molecule has 0 N–H and O–H groups in total. The zero-order valence-electron chi connectivity index (χ0n) is 21.8. The second-order valence-corrected chi connectivity index (χ2v) is 11.1. The number of fused-ring (bicyclic) bond motifs is 2. The average Bonchev–Trinajstić information content (AvgIpc) is 3.50. The monoisotopic (exact) mass is 575 g/mol.